The van der Waals surface area contributed by atoms with Crippen molar-refractivity contribution >= 4 is 21.8 Å². The second kappa shape index (κ2) is 14.2. The largest absolute Gasteiger partial charge is 0.457 e. The van der Waals surface area contributed by atoms with Crippen LogP contribution < -0.4 is 4.74 Å². The molecule has 0 bridgehead atoms. The Bertz CT molecular complexity index is 2350. The first kappa shape index (κ1) is 34.3. The van der Waals surface area contributed by atoms with Crippen LogP contribution in [0.25, 0.3) is 44.4 Å². The van der Waals surface area contributed by atoms with Crippen molar-refractivity contribution in [3.63, 3.8) is 0 Å². The lowest BCUT2D eigenvalue weighted by Gasteiger charge is -2.17. The van der Waals surface area contributed by atoms with Gasteiger partial charge in [-0.25, -0.2) is 9.67 Å². The molecule has 5 heteroatoms. The van der Waals surface area contributed by atoms with E-state index in [0.29, 0.717) is 5.92 Å². The molecule has 0 radical (unpaired) electrons. The first-order chi connectivity index (χ1) is 24.7. The molecule has 3 heterocycles. The first-order valence-corrected chi connectivity index (χ1v) is 18.6. The zero-order valence-electron chi connectivity index (χ0n) is 31.5. The fourth-order valence-corrected chi connectivity index (χ4v) is 7.81. The maximum atomic E-state index is 6.81. The van der Waals surface area contributed by atoms with Gasteiger partial charge in [0.15, 0.2) is 0 Å². The van der Waals surface area contributed by atoms with Gasteiger partial charge >= 0.3 is 0 Å². The fourth-order valence-electron chi connectivity index (χ4n) is 7.81. The minimum atomic E-state index is 0.315. The number of ether oxygens (including phenoxy) is 1. The summed E-state index contributed by atoms with van der Waals surface area (Å²) in [6.45, 7) is 17.8. The molecule has 260 valence electrons. The summed E-state index contributed by atoms with van der Waals surface area (Å²) in [4.78, 5) is 4.84. The Balaban J connectivity index is 1.35. The van der Waals surface area contributed by atoms with Crippen molar-refractivity contribution in [3.8, 4) is 34.1 Å². The molecule has 7 aromatic rings. The summed E-state index contributed by atoms with van der Waals surface area (Å²) in [5.41, 5.74) is 14.5. The number of unbranched alkanes of at least 4 members (excludes halogenated alkanes) is 1. The third kappa shape index (κ3) is 6.58. The van der Waals surface area contributed by atoms with E-state index in [1.54, 1.807) is 0 Å². The molecule has 0 saturated carbocycles. The van der Waals surface area contributed by atoms with E-state index in [-0.39, 0.29) is 0 Å². The number of rotatable bonds is 11. The summed E-state index contributed by atoms with van der Waals surface area (Å²) in [7, 11) is 0. The van der Waals surface area contributed by atoms with E-state index >= 15 is 0 Å². The van der Waals surface area contributed by atoms with Crippen molar-refractivity contribution in [2.75, 3.05) is 0 Å². The van der Waals surface area contributed by atoms with Gasteiger partial charge in [-0.1, -0.05) is 76.4 Å². The predicted octanol–water partition coefficient (Wildman–Crippen LogP) is 12.5. The van der Waals surface area contributed by atoms with Crippen molar-refractivity contribution in [3.05, 3.63) is 130 Å². The van der Waals surface area contributed by atoms with Gasteiger partial charge in [0.05, 0.1) is 28.1 Å². The van der Waals surface area contributed by atoms with Crippen molar-refractivity contribution in [1.29, 1.82) is 0 Å². The van der Waals surface area contributed by atoms with E-state index < -0.39 is 0 Å². The Morgan fingerprint density at radius 1 is 0.706 bits per heavy atom. The van der Waals surface area contributed by atoms with E-state index in [9.17, 15) is 0 Å². The average Bonchev–Trinajstić information content (AvgIpc) is 3.60. The van der Waals surface area contributed by atoms with Crippen LogP contribution in [0.5, 0.6) is 11.5 Å². The number of aryl methyl sites for hydroxylation is 5. The number of hydrogen-bond donors (Lipinski definition) is 0. The minimum Gasteiger partial charge on any atom is -0.457 e. The van der Waals surface area contributed by atoms with Crippen molar-refractivity contribution in [2.45, 2.75) is 93.4 Å². The van der Waals surface area contributed by atoms with Crippen molar-refractivity contribution < 1.29 is 4.74 Å². The monoisotopic (exact) mass is 674 g/mol. The van der Waals surface area contributed by atoms with Gasteiger partial charge in [0.2, 0.25) is 0 Å². The zero-order chi connectivity index (χ0) is 35.8. The van der Waals surface area contributed by atoms with Crippen LogP contribution in [0.1, 0.15) is 92.1 Å². The van der Waals surface area contributed by atoms with Crippen LogP contribution in [-0.4, -0.2) is 19.3 Å². The van der Waals surface area contributed by atoms with Crippen molar-refractivity contribution in [2.24, 2.45) is 0 Å². The maximum Gasteiger partial charge on any atom is 0.137 e. The molecule has 51 heavy (non-hydrogen) atoms. The summed E-state index contributed by atoms with van der Waals surface area (Å²) in [6.07, 6.45) is 7.22. The minimum absolute atomic E-state index is 0.315. The van der Waals surface area contributed by atoms with Crippen LogP contribution >= 0.6 is 0 Å². The molecular formula is C46H50N4O. The molecule has 0 atom stereocenters. The third-order valence-electron chi connectivity index (χ3n) is 10.1. The molecule has 0 unspecified atom stereocenters. The highest BCUT2D eigenvalue weighted by Gasteiger charge is 2.22. The fraction of sp³-hybridized carbons (Fsp3) is 0.304. The van der Waals surface area contributed by atoms with Gasteiger partial charge in [-0.05, 0) is 123 Å². The van der Waals surface area contributed by atoms with E-state index in [4.69, 9.17) is 14.8 Å². The first-order valence-electron chi connectivity index (χ1n) is 18.6. The summed E-state index contributed by atoms with van der Waals surface area (Å²) < 4.78 is 11.3. The van der Waals surface area contributed by atoms with Crippen LogP contribution in [0.15, 0.2) is 91.1 Å². The van der Waals surface area contributed by atoms with Gasteiger partial charge in [0.25, 0.3) is 0 Å². The van der Waals surface area contributed by atoms with Gasteiger partial charge in [-0.2, -0.15) is 5.10 Å². The van der Waals surface area contributed by atoms with Crippen LogP contribution in [0.4, 0.5) is 0 Å². The molecule has 4 aromatic carbocycles. The average molecular weight is 675 g/mol. The zero-order valence-corrected chi connectivity index (χ0v) is 31.5. The molecule has 7 rings (SSSR count). The highest BCUT2D eigenvalue weighted by molar-refractivity contribution is 6.09. The highest BCUT2D eigenvalue weighted by atomic mass is 16.5. The highest BCUT2D eigenvalue weighted by Crippen LogP contribution is 2.39. The number of para-hydroxylation sites is 1. The van der Waals surface area contributed by atoms with E-state index in [1.807, 2.05) is 6.20 Å². The maximum absolute atomic E-state index is 6.81. The summed E-state index contributed by atoms with van der Waals surface area (Å²) in [5, 5.41) is 7.63. The molecule has 5 nitrogen and oxygen atoms in total. The van der Waals surface area contributed by atoms with Gasteiger partial charge in [-0.3, -0.25) is 4.57 Å². The second-order valence-electron chi connectivity index (χ2n) is 14.5. The number of fused-ring (bicyclic) bond motifs is 3. The molecule has 3 aromatic heterocycles. The topological polar surface area (TPSA) is 44.9 Å². The van der Waals surface area contributed by atoms with E-state index in [2.05, 4.69) is 150 Å². The van der Waals surface area contributed by atoms with Gasteiger partial charge in [-0.15, -0.1) is 0 Å². The summed E-state index contributed by atoms with van der Waals surface area (Å²) >= 11 is 0. The van der Waals surface area contributed by atoms with Crippen LogP contribution in [0.2, 0.25) is 0 Å². The lowest BCUT2D eigenvalue weighted by molar-refractivity contribution is 0.481. The Labute approximate surface area is 302 Å². The number of aromatic nitrogens is 4. The lowest BCUT2D eigenvalue weighted by Crippen LogP contribution is -2.05. The number of benzene rings is 4. The molecule has 0 aliphatic heterocycles. The predicted molar refractivity (Wildman–Crippen MR) is 213 cm³/mol. The Kier molecular flexibility index (Phi) is 9.56. The standard InChI is InChI=1S/C46H50N4O/c1-9-11-16-42-46(45-31(6)22-30(5)23-32(45)7)33(8)48-50(42)36-25-35(29(3)4)26-38(27-36)51-37-18-19-40-39-15-12-13-17-41(39)49(43(40)28-37)44-24-34(14-10-2)20-21-47-44/h12-13,15,17-29H,9-11,14,16H2,1-8H3. The summed E-state index contributed by atoms with van der Waals surface area (Å²) in [6, 6.07) is 30.6. The molecule has 0 spiro atoms. The molecule has 0 saturated heterocycles. The SMILES string of the molecule is CCCCc1c(-c2c(C)cc(C)cc2C)c(C)nn1-c1cc(Oc2ccc3c4ccccc4n(-c4cc(CCC)ccn4)c3c2)cc(C(C)C)c1. The number of pyridine rings is 1. The molecule has 0 aliphatic carbocycles. The van der Waals surface area contributed by atoms with Crippen LogP contribution in [0, 0.1) is 27.7 Å². The normalized spacial score (nSPS) is 11.7. The quantitative estimate of drug-likeness (QED) is 0.137. The third-order valence-corrected chi connectivity index (χ3v) is 10.1. The van der Waals surface area contributed by atoms with Gasteiger partial charge < -0.3 is 4.74 Å². The molecule has 0 fully saturated rings. The van der Waals surface area contributed by atoms with Crippen molar-refractivity contribution in [1.82, 2.24) is 19.3 Å². The van der Waals surface area contributed by atoms with E-state index in [1.165, 1.54) is 55.4 Å². The number of nitrogens with zero attached hydrogens (tertiary/aromatic N) is 4. The lowest BCUT2D eigenvalue weighted by atomic mass is 9.91. The Morgan fingerprint density at radius 3 is 2.22 bits per heavy atom. The van der Waals surface area contributed by atoms with Crippen LogP contribution in [-0.2, 0) is 12.8 Å². The smallest absolute Gasteiger partial charge is 0.137 e. The molecule has 0 aliphatic rings. The molecule has 0 amide bonds. The summed E-state index contributed by atoms with van der Waals surface area (Å²) in [5.74, 6) is 2.84. The Hall–Kier alpha value is -5.16. The van der Waals surface area contributed by atoms with Gasteiger partial charge in [0, 0.05) is 34.7 Å². The van der Waals surface area contributed by atoms with Gasteiger partial charge in [0.1, 0.15) is 17.3 Å². The van der Waals surface area contributed by atoms with Crippen LogP contribution in [0.3, 0.4) is 0 Å². The molecular weight excluding hydrogens is 625 g/mol. The Morgan fingerprint density at radius 2 is 1.47 bits per heavy atom. The molecule has 0 N–H and O–H groups in total. The second-order valence-corrected chi connectivity index (χ2v) is 14.5. The van der Waals surface area contributed by atoms with E-state index in [0.717, 1.165) is 71.8 Å². The number of hydrogen-bond acceptors (Lipinski definition) is 3.